The van der Waals surface area contributed by atoms with Crippen molar-refractivity contribution in [1.29, 1.82) is 0 Å². The lowest BCUT2D eigenvalue weighted by Crippen LogP contribution is -2.32. The molecule has 1 N–H and O–H groups in total. The molecule has 0 spiro atoms. The minimum atomic E-state index is 0.648. The first kappa shape index (κ1) is 14.5. The Labute approximate surface area is 115 Å². The molecule has 2 rings (SSSR count). The van der Waals surface area contributed by atoms with Gasteiger partial charge in [-0.05, 0) is 45.3 Å². The molecule has 5 nitrogen and oxygen atoms in total. The van der Waals surface area contributed by atoms with Gasteiger partial charge in [0.05, 0.1) is 0 Å². The summed E-state index contributed by atoms with van der Waals surface area (Å²) in [6.45, 7) is 8.76. The summed E-state index contributed by atoms with van der Waals surface area (Å²) in [5.41, 5.74) is 0. The highest BCUT2D eigenvalue weighted by Crippen LogP contribution is 2.11. The molecule has 0 aromatic carbocycles. The van der Waals surface area contributed by atoms with Crippen molar-refractivity contribution in [3.63, 3.8) is 0 Å². The first-order chi connectivity index (χ1) is 9.28. The summed E-state index contributed by atoms with van der Waals surface area (Å²) in [6, 6.07) is 0.648. The standard InChI is InChI=1S/C14H26N4O/c1-3-9-18-10-4-5-13(7-11-18)15-8-6-14-16-12(2)19-17-14/h13,15H,3-11H2,1-2H3. The Morgan fingerprint density at radius 2 is 2.26 bits per heavy atom. The number of hydrogen-bond acceptors (Lipinski definition) is 5. The van der Waals surface area contributed by atoms with E-state index in [1.807, 2.05) is 6.92 Å². The Morgan fingerprint density at radius 1 is 1.37 bits per heavy atom. The highest BCUT2D eigenvalue weighted by Gasteiger charge is 2.15. The third-order valence-electron chi connectivity index (χ3n) is 3.71. The van der Waals surface area contributed by atoms with Crippen LogP contribution >= 0.6 is 0 Å². The van der Waals surface area contributed by atoms with Crippen molar-refractivity contribution in [2.75, 3.05) is 26.2 Å². The van der Waals surface area contributed by atoms with E-state index in [4.69, 9.17) is 4.52 Å². The lowest BCUT2D eigenvalue weighted by Gasteiger charge is -2.19. The Morgan fingerprint density at radius 3 is 3.00 bits per heavy atom. The van der Waals surface area contributed by atoms with E-state index in [2.05, 4.69) is 27.3 Å². The lowest BCUT2D eigenvalue weighted by atomic mass is 10.1. The van der Waals surface area contributed by atoms with Gasteiger partial charge in [0.1, 0.15) is 0 Å². The van der Waals surface area contributed by atoms with Crippen LogP contribution in [0.25, 0.3) is 0 Å². The van der Waals surface area contributed by atoms with Crippen molar-refractivity contribution in [3.05, 3.63) is 11.7 Å². The van der Waals surface area contributed by atoms with Gasteiger partial charge in [-0.2, -0.15) is 4.98 Å². The molecule has 1 aromatic heterocycles. The van der Waals surface area contributed by atoms with Crippen LogP contribution < -0.4 is 5.32 Å². The molecule has 1 aliphatic heterocycles. The maximum atomic E-state index is 4.97. The SMILES string of the molecule is CCCN1CCCC(NCCc2noc(C)n2)CC1. The van der Waals surface area contributed by atoms with E-state index in [1.165, 1.54) is 45.3 Å². The van der Waals surface area contributed by atoms with Crippen LogP contribution in [0.1, 0.15) is 44.3 Å². The quantitative estimate of drug-likeness (QED) is 0.850. The topological polar surface area (TPSA) is 54.2 Å². The van der Waals surface area contributed by atoms with Gasteiger partial charge < -0.3 is 14.7 Å². The van der Waals surface area contributed by atoms with E-state index < -0.39 is 0 Å². The fourth-order valence-electron chi connectivity index (χ4n) is 2.73. The second-order valence-corrected chi connectivity index (χ2v) is 5.40. The molecule has 1 fully saturated rings. The van der Waals surface area contributed by atoms with Crippen LogP contribution in [0.4, 0.5) is 0 Å². The number of likely N-dealkylation sites (tertiary alicyclic amines) is 1. The predicted octanol–water partition coefficient (Wildman–Crippen LogP) is 1.77. The van der Waals surface area contributed by atoms with Crippen LogP contribution in [0.5, 0.6) is 0 Å². The van der Waals surface area contributed by atoms with Gasteiger partial charge in [-0.3, -0.25) is 0 Å². The molecule has 1 unspecified atom stereocenters. The number of aromatic nitrogens is 2. The first-order valence-electron chi connectivity index (χ1n) is 7.53. The van der Waals surface area contributed by atoms with Gasteiger partial charge >= 0.3 is 0 Å². The Bertz CT molecular complexity index is 366. The Kier molecular flexibility index (Phi) is 5.79. The van der Waals surface area contributed by atoms with E-state index >= 15 is 0 Å². The van der Waals surface area contributed by atoms with Crippen molar-refractivity contribution in [2.45, 2.75) is 52.0 Å². The summed E-state index contributed by atoms with van der Waals surface area (Å²) in [4.78, 5) is 6.81. The molecule has 0 amide bonds. The van der Waals surface area contributed by atoms with Crippen LogP contribution in [0.2, 0.25) is 0 Å². The minimum Gasteiger partial charge on any atom is -0.340 e. The van der Waals surface area contributed by atoms with E-state index in [-0.39, 0.29) is 0 Å². The summed E-state index contributed by atoms with van der Waals surface area (Å²) in [5, 5.41) is 7.55. The van der Waals surface area contributed by atoms with Gasteiger partial charge in [0.25, 0.3) is 0 Å². The summed E-state index contributed by atoms with van der Waals surface area (Å²) in [7, 11) is 0. The van der Waals surface area contributed by atoms with Crippen molar-refractivity contribution in [3.8, 4) is 0 Å². The molecule has 1 atom stereocenters. The van der Waals surface area contributed by atoms with E-state index in [1.54, 1.807) is 0 Å². The minimum absolute atomic E-state index is 0.648. The van der Waals surface area contributed by atoms with E-state index in [9.17, 15) is 0 Å². The molecule has 19 heavy (non-hydrogen) atoms. The Hall–Kier alpha value is -0.940. The summed E-state index contributed by atoms with van der Waals surface area (Å²) < 4.78 is 4.97. The molecule has 0 saturated carbocycles. The van der Waals surface area contributed by atoms with Crippen molar-refractivity contribution >= 4 is 0 Å². The van der Waals surface area contributed by atoms with Gasteiger partial charge in [0.15, 0.2) is 5.82 Å². The molecule has 0 radical (unpaired) electrons. The van der Waals surface area contributed by atoms with Crippen LogP contribution in [0.15, 0.2) is 4.52 Å². The fraction of sp³-hybridized carbons (Fsp3) is 0.857. The summed E-state index contributed by atoms with van der Waals surface area (Å²) >= 11 is 0. The molecule has 1 aromatic rings. The molecule has 0 bridgehead atoms. The third-order valence-corrected chi connectivity index (χ3v) is 3.71. The molecular weight excluding hydrogens is 240 g/mol. The maximum absolute atomic E-state index is 4.97. The number of nitrogens with zero attached hydrogens (tertiary/aromatic N) is 3. The zero-order valence-electron chi connectivity index (χ0n) is 12.2. The van der Waals surface area contributed by atoms with Gasteiger partial charge in [-0.25, -0.2) is 0 Å². The molecular formula is C14H26N4O. The molecule has 0 aliphatic carbocycles. The number of rotatable bonds is 6. The van der Waals surface area contributed by atoms with Gasteiger partial charge in [0, 0.05) is 25.9 Å². The first-order valence-corrected chi connectivity index (χ1v) is 7.53. The largest absolute Gasteiger partial charge is 0.340 e. The van der Waals surface area contributed by atoms with E-state index in [0.29, 0.717) is 11.9 Å². The predicted molar refractivity (Wildman–Crippen MR) is 75.1 cm³/mol. The molecule has 108 valence electrons. The smallest absolute Gasteiger partial charge is 0.223 e. The van der Waals surface area contributed by atoms with Gasteiger partial charge in [-0.15, -0.1) is 0 Å². The second kappa shape index (κ2) is 7.60. The molecule has 5 heteroatoms. The van der Waals surface area contributed by atoms with Gasteiger partial charge in [0.2, 0.25) is 5.89 Å². The Balaban J connectivity index is 1.65. The van der Waals surface area contributed by atoms with Crippen LogP contribution in [-0.2, 0) is 6.42 Å². The summed E-state index contributed by atoms with van der Waals surface area (Å²) in [6.07, 6.45) is 5.96. The molecule has 2 heterocycles. The number of hydrogen-bond donors (Lipinski definition) is 1. The highest BCUT2D eigenvalue weighted by atomic mass is 16.5. The third kappa shape index (κ3) is 4.91. The number of aryl methyl sites for hydroxylation is 1. The monoisotopic (exact) mass is 266 g/mol. The maximum Gasteiger partial charge on any atom is 0.223 e. The van der Waals surface area contributed by atoms with Crippen LogP contribution in [0.3, 0.4) is 0 Å². The van der Waals surface area contributed by atoms with Crippen molar-refractivity contribution in [1.82, 2.24) is 20.4 Å². The average molecular weight is 266 g/mol. The zero-order chi connectivity index (χ0) is 13.5. The fourth-order valence-corrected chi connectivity index (χ4v) is 2.73. The van der Waals surface area contributed by atoms with Crippen LogP contribution in [0, 0.1) is 6.92 Å². The van der Waals surface area contributed by atoms with E-state index in [0.717, 1.165) is 18.8 Å². The van der Waals surface area contributed by atoms with Crippen molar-refractivity contribution in [2.24, 2.45) is 0 Å². The molecule has 1 saturated heterocycles. The average Bonchev–Trinajstić information content (AvgIpc) is 2.67. The summed E-state index contributed by atoms with van der Waals surface area (Å²) in [5.74, 6) is 1.46. The van der Waals surface area contributed by atoms with Crippen molar-refractivity contribution < 1.29 is 4.52 Å². The number of nitrogens with one attached hydrogen (secondary N) is 1. The highest BCUT2D eigenvalue weighted by molar-refractivity contribution is 4.85. The lowest BCUT2D eigenvalue weighted by molar-refractivity contribution is 0.282. The van der Waals surface area contributed by atoms with Crippen LogP contribution in [-0.4, -0.2) is 47.3 Å². The van der Waals surface area contributed by atoms with Gasteiger partial charge in [-0.1, -0.05) is 12.1 Å². The second-order valence-electron chi connectivity index (χ2n) is 5.40. The zero-order valence-corrected chi connectivity index (χ0v) is 12.2. The molecule has 1 aliphatic rings. The normalized spacial score (nSPS) is 21.5.